The first-order chi connectivity index (χ1) is 14.2. The minimum atomic E-state index is -0.180. The highest BCUT2D eigenvalue weighted by Crippen LogP contribution is 2.24. The Morgan fingerprint density at radius 1 is 1.10 bits per heavy atom. The molecule has 29 heavy (non-hydrogen) atoms. The molecule has 0 aromatic heterocycles. The first-order valence-corrected chi connectivity index (χ1v) is 11.0. The van der Waals surface area contributed by atoms with E-state index in [2.05, 4.69) is 53.6 Å². The smallest absolute Gasteiger partial charge is 0.239 e. The predicted molar refractivity (Wildman–Crippen MR) is 121 cm³/mol. The summed E-state index contributed by atoms with van der Waals surface area (Å²) < 4.78 is 5.80. The zero-order valence-corrected chi connectivity index (χ0v) is 17.7. The number of thioether (sulfide) groups is 1. The van der Waals surface area contributed by atoms with Gasteiger partial charge in [-0.2, -0.15) is 5.10 Å². The molecule has 5 nitrogen and oxygen atoms in total. The van der Waals surface area contributed by atoms with Crippen LogP contribution in [-0.2, 0) is 17.6 Å². The first kappa shape index (κ1) is 21.1. The third kappa shape index (κ3) is 6.19. The number of carbonyl (C=O) groups is 1. The SMILES string of the molecule is CCCCOc1ccccc1/C=N/N=C1\NC(=O)C(Cc2ccc(CC)cc2)S1. The average Bonchev–Trinajstić information content (AvgIpc) is 3.09. The molecule has 1 saturated heterocycles. The van der Waals surface area contributed by atoms with Crippen LogP contribution in [0.5, 0.6) is 5.75 Å². The van der Waals surface area contributed by atoms with Crippen molar-refractivity contribution in [2.45, 2.75) is 44.8 Å². The van der Waals surface area contributed by atoms with E-state index in [-0.39, 0.29) is 11.2 Å². The third-order valence-corrected chi connectivity index (χ3v) is 5.72. The standard InChI is InChI=1S/C23H27N3O2S/c1-3-5-14-28-20-9-7-6-8-19(20)16-24-26-23-25-22(27)21(29-23)15-18-12-10-17(4-2)11-13-18/h6-13,16,21H,3-5,14-15H2,1-2H3,(H,25,26,27)/b24-16+. The molecule has 1 N–H and O–H groups in total. The minimum absolute atomic E-state index is 0.0215. The molecular weight excluding hydrogens is 382 g/mol. The van der Waals surface area contributed by atoms with Crippen LogP contribution >= 0.6 is 11.8 Å². The molecule has 2 aromatic rings. The van der Waals surface area contributed by atoms with Gasteiger partial charge in [-0.3, -0.25) is 4.79 Å². The fraction of sp³-hybridized carbons (Fsp3) is 0.348. The second-order valence-corrected chi connectivity index (χ2v) is 8.05. The number of rotatable bonds is 9. The Kier molecular flexibility index (Phi) is 7.87. The molecule has 1 aliphatic rings. The molecule has 0 radical (unpaired) electrons. The Labute approximate surface area is 176 Å². The summed E-state index contributed by atoms with van der Waals surface area (Å²) in [6, 6.07) is 16.2. The maximum absolute atomic E-state index is 12.3. The van der Waals surface area contributed by atoms with Crippen LogP contribution in [0, 0.1) is 0 Å². The van der Waals surface area contributed by atoms with E-state index in [1.807, 2.05) is 24.3 Å². The van der Waals surface area contributed by atoms with Gasteiger partial charge in [0.1, 0.15) is 5.75 Å². The van der Waals surface area contributed by atoms with Gasteiger partial charge < -0.3 is 10.1 Å². The molecule has 1 fully saturated rings. The fourth-order valence-corrected chi connectivity index (χ4v) is 3.87. The van der Waals surface area contributed by atoms with Crippen molar-refractivity contribution in [1.82, 2.24) is 5.32 Å². The Hall–Kier alpha value is -2.60. The molecule has 1 unspecified atom stereocenters. The van der Waals surface area contributed by atoms with Crippen LogP contribution in [0.4, 0.5) is 0 Å². The number of ether oxygens (including phenoxy) is 1. The lowest BCUT2D eigenvalue weighted by molar-refractivity contribution is -0.118. The Balaban J connectivity index is 1.59. The summed E-state index contributed by atoms with van der Waals surface area (Å²) in [5.41, 5.74) is 3.32. The van der Waals surface area contributed by atoms with Gasteiger partial charge in [0.2, 0.25) is 5.91 Å². The molecule has 3 rings (SSSR count). The molecular formula is C23H27N3O2S. The van der Waals surface area contributed by atoms with Gasteiger partial charge in [0.25, 0.3) is 0 Å². The number of aryl methyl sites for hydroxylation is 1. The van der Waals surface area contributed by atoms with Gasteiger partial charge in [0, 0.05) is 5.56 Å². The van der Waals surface area contributed by atoms with Crippen LogP contribution in [0.1, 0.15) is 43.4 Å². The summed E-state index contributed by atoms with van der Waals surface area (Å²) >= 11 is 1.42. The van der Waals surface area contributed by atoms with Crippen LogP contribution < -0.4 is 10.1 Å². The summed E-state index contributed by atoms with van der Waals surface area (Å²) in [7, 11) is 0. The molecule has 0 saturated carbocycles. The summed E-state index contributed by atoms with van der Waals surface area (Å²) in [4.78, 5) is 12.3. The monoisotopic (exact) mass is 409 g/mol. The van der Waals surface area contributed by atoms with E-state index in [0.29, 0.717) is 18.2 Å². The fourth-order valence-electron chi connectivity index (χ4n) is 2.90. The van der Waals surface area contributed by atoms with Crippen molar-refractivity contribution in [2.75, 3.05) is 6.61 Å². The second kappa shape index (κ2) is 10.8. The van der Waals surface area contributed by atoms with E-state index < -0.39 is 0 Å². The first-order valence-electron chi connectivity index (χ1n) is 10.1. The lowest BCUT2D eigenvalue weighted by atomic mass is 10.1. The van der Waals surface area contributed by atoms with Crippen LogP contribution in [0.15, 0.2) is 58.7 Å². The van der Waals surface area contributed by atoms with E-state index >= 15 is 0 Å². The van der Waals surface area contributed by atoms with Crippen molar-refractivity contribution >= 4 is 29.1 Å². The number of nitrogens with one attached hydrogen (secondary N) is 1. The molecule has 1 atom stereocenters. The van der Waals surface area contributed by atoms with E-state index in [0.717, 1.165) is 36.1 Å². The Bertz CT molecular complexity index is 878. The van der Waals surface area contributed by atoms with Gasteiger partial charge >= 0.3 is 0 Å². The van der Waals surface area contributed by atoms with Crippen molar-refractivity contribution in [3.05, 3.63) is 65.2 Å². The largest absolute Gasteiger partial charge is 0.493 e. The molecule has 152 valence electrons. The molecule has 0 aliphatic carbocycles. The lowest BCUT2D eigenvalue weighted by Crippen LogP contribution is -2.25. The number of amidine groups is 1. The number of hydrogen-bond donors (Lipinski definition) is 1. The van der Waals surface area contributed by atoms with Crippen LogP contribution in [0.2, 0.25) is 0 Å². The molecule has 1 aliphatic heterocycles. The van der Waals surface area contributed by atoms with Gasteiger partial charge in [0.15, 0.2) is 5.17 Å². The molecule has 0 bridgehead atoms. The molecule has 2 aromatic carbocycles. The summed E-state index contributed by atoms with van der Waals surface area (Å²) in [6.45, 7) is 4.95. The molecule has 6 heteroatoms. The Morgan fingerprint density at radius 2 is 1.86 bits per heavy atom. The number of benzene rings is 2. The number of amides is 1. The Morgan fingerprint density at radius 3 is 2.62 bits per heavy atom. The quantitative estimate of drug-likeness (QED) is 0.374. The van der Waals surface area contributed by atoms with Crippen LogP contribution in [0.25, 0.3) is 0 Å². The molecule has 0 spiro atoms. The summed E-state index contributed by atoms with van der Waals surface area (Å²) in [5.74, 6) is 0.772. The van der Waals surface area contributed by atoms with Crippen LogP contribution in [0.3, 0.4) is 0 Å². The maximum atomic E-state index is 12.3. The van der Waals surface area contributed by atoms with E-state index in [4.69, 9.17) is 4.74 Å². The number of para-hydroxylation sites is 1. The third-order valence-electron chi connectivity index (χ3n) is 4.65. The van der Waals surface area contributed by atoms with Crippen molar-refractivity contribution in [2.24, 2.45) is 10.2 Å². The van der Waals surface area contributed by atoms with Crippen LogP contribution in [-0.4, -0.2) is 29.1 Å². The topological polar surface area (TPSA) is 63.1 Å². The number of nitrogens with zero attached hydrogens (tertiary/aromatic N) is 2. The average molecular weight is 410 g/mol. The van der Waals surface area contributed by atoms with Gasteiger partial charge in [-0.1, -0.05) is 68.4 Å². The van der Waals surface area contributed by atoms with Crippen molar-refractivity contribution < 1.29 is 9.53 Å². The lowest BCUT2D eigenvalue weighted by Gasteiger charge is -2.07. The zero-order chi connectivity index (χ0) is 20.5. The molecule has 1 amide bonds. The van der Waals surface area contributed by atoms with Crippen molar-refractivity contribution in [3.8, 4) is 5.75 Å². The van der Waals surface area contributed by atoms with Gasteiger partial charge in [0.05, 0.1) is 18.1 Å². The van der Waals surface area contributed by atoms with E-state index in [9.17, 15) is 4.79 Å². The summed E-state index contributed by atoms with van der Waals surface area (Å²) in [6.07, 6.45) is 5.46. The number of carbonyl (C=O) groups excluding carboxylic acids is 1. The maximum Gasteiger partial charge on any atom is 0.239 e. The van der Waals surface area contributed by atoms with Crippen molar-refractivity contribution in [1.29, 1.82) is 0 Å². The van der Waals surface area contributed by atoms with Gasteiger partial charge in [-0.25, -0.2) is 0 Å². The van der Waals surface area contributed by atoms with Crippen molar-refractivity contribution in [3.63, 3.8) is 0 Å². The van der Waals surface area contributed by atoms with Gasteiger partial charge in [-0.15, -0.1) is 5.10 Å². The highest BCUT2D eigenvalue weighted by Gasteiger charge is 2.30. The normalized spacial score (nSPS) is 17.8. The van der Waals surface area contributed by atoms with E-state index in [1.54, 1.807) is 6.21 Å². The highest BCUT2D eigenvalue weighted by atomic mass is 32.2. The zero-order valence-electron chi connectivity index (χ0n) is 16.9. The number of unbranched alkanes of at least 4 members (excludes halogenated alkanes) is 1. The summed E-state index contributed by atoms with van der Waals surface area (Å²) in [5, 5.41) is 11.5. The second-order valence-electron chi connectivity index (χ2n) is 6.86. The predicted octanol–water partition coefficient (Wildman–Crippen LogP) is 4.59. The highest BCUT2D eigenvalue weighted by molar-refractivity contribution is 8.15. The van der Waals surface area contributed by atoms with Gasteiger partial charge in [-0.05, 0) is 42.5 Å². The minimum Gasteiger partial charge on any atom is -0.493 e. The van der Waals surface area contributed by atoms with E-state index in [1.165, 1.54) is 17.3 Å². The molecule has 1 heterocycles. The number of hydrogen-bond acceptors (Lipinski definition) is 5.